The molecule has 0 saturated carbocycles. The summed E-state index contributed by atoms with van der Waals surface area (Å²) in [6, 6.07) is 10.6. The molecule has 2 N–H and O–H groups in total. The Hall–Kier alpha value is -2.97. The molecule has 0 unspecified atom stereocenters. The number of hydrogen-bond donors (Lipinski definition) is 2. The minimum atomic E-state index is -0.523. The van der Waals surface area contributed by atoms with E-state index in [1.165, 1.54) is 36.5 Å². The van der Waals surface area contributed by atoms with Crippen molar-refractivity contribution in [2.24, 2.45) is 5.10 Å². The Morgan fingerprint density at radius 1 is 1.32 bits per heavy atom. The maximum Gasteiger partial charge on any atom is 0.283 e. The molecular formula is C16H10ClN3O4S. The molecule has 0 aliphatic heterocycles. The topological polar surface area (TPSA) is 105 Å². The Kier molecular flexibility index (Phi) is 4.64. The Labute approximate surface area is 150 Å². The van der Waals surface area contributed by atoms with E-state index in [0.29, 0.717) is 15.6 Å². The summed E-state index contributed by atoms with van der Waals surface area (Å²) >= 11 is 7.25. The third kappa shape index (κ3) is 3.59. The molecule has 0 aliphatic rings. The lowest BCUT2D eigenvalue weighted by atomic mass is 10.2. The van der Waals surface area contributed by atoms with E-state index in [9.17, 15) is 20.0 Å². The molecule has 2 aromatic carbocycles. The number of amides is 1. The number of phenolic OH excluding ortho intramolecular Hbond substituents is 1. The fraction of sp³-hybridized carbons (Fsp3) is 0. The van der Waals surface area contributed by atoms with Gasteiger partial charge in [0.25, 0.3) is 11.6 Å². The second kappa shape index (κ2) is 6.88. The number of rotatable bonds is 4. The number of halogens is 1. The number of carbonyl (C=O) groups excluding carboxylic acids is 1. The zero-order valence-electron chi connectivity index (χ0n) is 12.5. The number of carbonyl (C=O) groups is 1. The van der Waals surface area contributed by atoms with E-state index in [2.05, 4.69) is 10.5 Å². The monoisotopic (exact) mass is 375 g/mol. The zero-order chi connectivity index (χ0) is 18.0. The van der Waals surface area contributed by atoms with Crippen LogP contribution < -0.4 is 5.43 Å². The molecule has 9 heteroatoms. The highest BCUT2D eigenvalue weighted by molar-refractivity contribution is 7.21. The van der Waals surface area contributed by atoms with Crippen LogP contribution >= 0.6 is 22.9 Å². The molecule has 0 fully saturated rings. The molecule has 126 valence electrons. The molecule has 1 aromatic heterocycles. The number of non-ortho nitro benzene ring substituents is 1. The third-order valence-electron chi connectivity index (χ3n) is 3.28. The fourth-order valence-corrected chi connectivity index (χ4v) is 3.57. The number of phenols is 1. The van der Waals surface area contributed by atoms with Crippen LogP contribution in [-0.4, -0.2) is 22.2 Å². The van der Waals surface area contributed by atoms with Gasteiger partial charge >= 0.3 is 0 Å². The Morgan fingerprint density at radius 3 is 2.84 bits per heavy atom. The molecule has 1 amide bonds. The van der Waals surface area contributed by atoms with Crippen LogP contribution in [0.2, 0.25) is 5.02 Å². The summed E-state index contributed by atoms with van der Waals surface area (Å²) in [6.45, 7) is 0. The van der Waals surface area contributed by atoms with Crippen molar-refractivity contribution < 1.29 is 14.8 Å². The van der Waals surface area contributed by atoms with E-state index in [-0.39, 0.29) is 21.3 Å². The number of aromatic hydroxyl groups is 1. The maximum absolute atomic E-state index is 12.2. The van der Waals surface area contributed by atoms with E-state index in [4.69, 9.17) is 11.6 Å². The molecule has 25 heavy (non-hydrogen) atoms. The number of thiophene rings is 1. The van der Waals surface area contributed by atoms with Gasteiger partial charge in [-0.1, -0.05) is 23.7 Å². The van der Waals surface area contributed by atoms with Gasteiger partial charge in [-0.3, -0.25) is 14.9 Å². The minimum absolute atomic E-state index is 0.0701. The van der Waals surface area contributed by atoms with Gasteiger partial charge < -0.3 is 5.11 Å². The van der Waals surface area contributed by atoms with Crippen LogP contribution in [0.5, 0.6) is 5.75 Å². The summed E-state index contributed by atoms with van der Waals surface area (Å²) in [5, 5.41) is 24.8. The summed E-state index contributed by atoms with van der Waals surface area (Å²) in [5.74, 6) is -0.435. The molecule has 0 atom stereocenters. The standard InChI is InChI=1S/C16H10ClN3O4S/c17-14-12-5-4-10(20(23)24)7-13(12)25-15(14)16(22)19-18-8-9-2-1-3-11(21)6-9/h1-8,21H,(H,19,22)/b18-8+. The van der Waals surface area contributed by atoms with E-state index >= 15 is 0 Å². The molecule has 3 aromatic rings. The average Bonchev–Trinajstić information content (AvgIpc) is 2.91. The number of hydrogen-bond acceptors (Lipinski definition) is 6. The number of fused-ring (bicyclic) bond motifs is 1. The summed E-state index contributed by atoms with van der Waals surface area (Å²) in [7, 11) is 0. The lowest BCUT2D eigenvalue weighted by molar-refractivity contribution is -0.384. The van der Waals surface area contributed by atoms with Gasteiger partial charge in [0.1, 0.15) is 10.6 Å². The first-order valence-corrected chi connectivity index (χ1v) is 8.14. The Balaban J connectivity index is 1.82. The summed E-state index contributed by atoms with van der Waals surface area (Å²) in [4.78, 5) is 22.8. The van der Waals surface area contributed by atoms with Crippen molar-refractivity contribution in [3.8, 4) is 5.75 Å². The zero-order valence-corrected chi connectivity index (χ0v) is 14.0. The van der Waals surface area contributed by atoms with Crippen LogP contribution in [0, 0.1) is 10.1 Å². The molecule has 3 rings (SSSR count). The fourth-order valence-electron chi connectivity index (χ4n) is 2.13. The van der Waals surface area contributed by atoms with Crippen LogP contribution in [0.15, 0.2) is 47.6 Å². The van der Waals surface area contributed by atoms with Gasteiger partial charge in [0, 0.05) is 22.2 Å². The largest absolute Gasteiger partial charge is 0.508 e. The number of nitrogens with one attached hydrogen (secondary N) is 1. The van der Waals surface area contributed by atoms with Crippen molar-refractivity contribution in [1.29, 1.82) is 0 Å². The van der Waals surface area contributed by atoms with Crippen molar-refractivity contribution in [1.82, 2.24) is 5.43 Å². The average molecular weight is 376 g/mol. The normalized spacial score (nSPS) is 11.1. The van der Waals surface area contributed by atoms with E-state index in [0.717, 1.165) is 11.3 Å². The number of nitro groups is 1. The quantitative estimate of drug-likeness (QED) is 0.409. The smallest absolute Gasteiger partial charge is 0.283 e. The molecular weight excluding hydrogens is 366 g/mol. The predicted octanol–water partition coefficient (Wildman–Crippen LogP) is 3.93. The van der Waals surface area contributed by atoms with Gasteiger partial charge in [0.2, 0.25) is 0 Å². The SMILES string of the molecule is O=C(N/N=C/c1cccc(O)c1)c1sc2cc([N+](=O)[O-])ccc2c1Cl. The molecule has 0 spiro atoms. The van der Waals surface area contributed by atoms with Crippen LogP contribution in [0.3, 0.4) is 0 Å². The lowest BCUT2D eigenvalue weighted by Gasteiger charge is -1.98. The van der Waals surface area contributed by atoms with E-state index < -0.39 is 10.8 Å². The number of benzene rings is 2. The highest BCUT2D eigenvalue weighted by atomic mass is 35.5. The molecule has 1 heterocycles. The summed E-state index contributed by atoms with van der Waals surface area (Å²) in [5.41, 5.74) is 2.89. The van der Waals surface area contributed by atoms with Crippen LogP contribution in [0.1, 0.15) is 15.2 Å². The van der Waals surface area contributed by atoms with E-state index in [1.54, 1.807) is 12.1 Å². The number of nitrogens with zero attached hydrogens (tertiary/aromatic N) is 2. The Bertz CT molecular complexity index is 1020. The van der Waals surface area contributed by atoms with Crippen molar-refractivity contribution in [2.45, 2.75) is 0 Å². The first-order valence-electron chi connectivity index (χ1n) is 6.94. The second-order valence-corrected chi connectivity index (χ2v) is 6.41. The Morgan fingerprint density at radius 2 is 2.12 bits per heavy atom. The molecule has 7 nitrogen and oxygen atoms in total. The van der Waals surface area contributed by atoms with Gasteiger partial charge in [0.05, 0.1) is 16.2 Å². The van der Waals surface area contributed by atoms with Gasteiger partial charge in [-0.2, -0.15) is 5.10 Å². The molecule has 0 aliphatic carbocycles. The molecule has 0 radical (unpaired) electrons. The molecule has 0 bridgehead atoms. The lowest BCUT2D eigenvalue weighted by Crippen LogP contribution is -2.16. The van der Waals surface area contributed by atoms with Crippen molar-refractivity contribution in [2.75, 3.05) is 0 Å². The summed E-state index contributed by atoms with van der Waals surface area (Å²) < 4.78 is 0.543. The van der Waals surface area contributed by atoms with Crippen molar-refractivity contribution >= 4 is 50.8 Å². The third-order valence-corrected chi connectivity index (χ3v) is 4.94. The highest BCUT2D eigenvalue weighted by Gasteiger charge is 2.18. The van der Waals surface area contributed by atoms with Crippen LogP contribution in [0.25, 0.3) is 10.1 Å². The van der Waals surface area contributed by atoms with Crippen LogP contribution in [-0.2, 0) is 0 Å². The number of nitro benzene ring substituents is 1. The van der Waals surface area contributed by atoms with Crippen LogP contribution in [0.4, 0.5) is 5.69 Å². The van der Waals surface area contributed by atoms with Gasteiger partial charge in [0.15, 0.2) is 0 Å². The first kappa shape index (κ1) is 16.9. The summed E-state index contributed by atoms with van der Waals surface area (Å²) in [6.07, 6.45) is 1.38. The van der Waals surface area contributed by atoms with Crippen molar-refractivity contribution in [3.63, 3.8) is 0 Å². The highest BCUT2D eigenvalue weighted by Crippen LogP contribution is 2.37. The molecule has 0 saturated heterocycles. The van der Waals surface area contributed by atoms with Gasteiger partial charge in [-0.15, -0.1) is 11.3 Å². The van der Waals surface area contributed by atoms with Gasteiger partial charge in [-0.25, -0.2) is 5.43 Å². The predicted molar refractivity (Wildman–Crippen MR) is 96.7 cm³/mol. The second-order valence-electron chi connectivity index (χ2n) is 4.98. The number of hydrazone groups is 1. The minimum Gasteiger partial charge on any atom is -0.508 e. The van der Waals surface area contributed by atoms with Gasteiger partial charge in [-0.05, 0) is 23.8 Å². The maximum atomic E-state index is 12.2. The first-order chi connectivity index (χ1) is 12.0. The van der Waals surface area contributed by atoms with Crippen molar-refractivity contribution in [3.05, 3.63) is 68.0 Å². The van der Waals surface area contributed by atoms with E-state index in [1.807, 2.05) is 0 Å².